The molecule has 3 rings (SSSR count). The lowest BCUT2D eigenvalue weighted by atomic mass is 10.0. The highest BCUT2D eigenvalue weighted by molar-refractivity contribution is 8.01. The summed E-state index contributed by atoms with van der Waals surface area (Å²) in [5.74, 6) is 2.27. The fourth-order valence-electron chi connectivity index (χ4n) is 3.70. The molecule has 1 fully saturated rings. The molecule has 6 nitrogen and oxygen atoms in total. The van der Waals surface area contributed by atoms with Gasteiger partial charge in [0.2, 0.25) is 0 Å². The van der Waals surface area contributed by atoms with Crippen molar-refractivity contribution in [1.82, 2.24) is 0 Å². The van der Waals surface area contributed by atoms with Gasteiger partial charge >= 0.3 is 5.97 Å². The van der Waals surface area contributed by atoms with Crippen LogP contribution in [0, 0.1) is 5.92 Å². The van der Waals surface area contributed by atoms with E-state index in [2.05, 4.69) is 4.74 Å². The van der Waals surface area contributed by atoms with E-state index in [1.807, 2.05) is 30.3 Å². The van der Waals surface area contributed by atoms with Crippen molar-refractivity contribution in [2.24, 2.45) is 5.92 Å². The normalized spacial score (nSPS) is 22.1. The van der Waals surface area contributed by atoms with Crippen molar-refractivity contribution in [1.29, 1.82) is 0 Å². The second kappa shape index (κ2) is 12.5. The molecule has 1 aliphatic carbocycles. The lowest BCUT2D eigenvalue weighted by molar-refractivity contribution is -0.137. The van der Waals surface area contributed by atoms with Crippen LogP contribution in [0.4, 0.5) is 0 Å². The molecule has 0 saturated heterocycles. The number of aliphatic hydroxyl groups excluding tert-OH is 2. The minimum Gasteiger partial charge on any atom is -0.468 e. The highest BCUT2D eigenvalue weighted by Gasteiger charge is 2.40. The molecule has 0 spiro atoms. The van der Waals surface area contributed by atoms with E-state index in [0.29, 0.717) is 18.6 Å². The quantitative estimate of drug-likeness (QED) is 0.271. The Hall–Kier alpha value is -1.74. The van der Waals surface area contributed by atoms with E-state index in [1.54, 1.807) is 23.9 Å². The number of rotatable bonds is 12. The van der Waals surface area contributed by atoms with Crippen LogP contribution >= 0.6 is 23.5 Å². The largest absolute Gasteiger partial charge is 0.468 e. The van der Waals surface area contributed by atoms with E-state index in [0.717, 1.165) is 34.7 Å². The molecule has 0 radical (unpaired) electrons. The lowest BCUT2D eigenvalue weighted by Crippen LogP contribution is -2.22. The first-order valence-corrected chi connectivity index (χ1v) is 13.0. The lowest BCUT2D eigenvalue weighted by Gasteiger charge is -2.17. The number of Topliss-reactive ketones (excluding diaryl/α,β-unsaturated/α-hetero) is 1. The van der Waals surface area contributed by atoms with Crippen LogP contribution in [0.15, 0.2) is 46.9 Å². The van der Waals surface area contributed by atoms with Gasteiger partial charge in [0.1, 0.15) is 17.1 Å². The Bertz CT molecular complexity index is 891. The first-order chi connectivity index (χ1) is 15.5. The summed E-state index contributed by atoms with van der Waals surface area (Å²) in [7, 11) is 1.37. The van der Waals surface area contributed by atoms with Crippen LogP contribution in [0.2, 0.25) is 0 Å². The smallest absolute Gasteiger partial charge is 0.315 e. The van der Waals surface area contributed by atoms with Gasteiger partial charge in [-0.3, -0.25) is 9.59 Å². The van der Waals surface area contributed by atoms with E-state index in [-0.39, 0.29) is 29.3 Å². The third kappa shape index (κ3) is 7.13. The molecule has 1 aliphatic rings. The zero-order valence-corrected chi connectivity index (χ0v) is 19.8. The highest BCUT2D eigenvalue weighted by Crippen LogP contribution is 2.34. The van der Waals surface area contributed by atoms with Crippen LogP contribution in [0.25, 0.3) is 11.0 Å². The van der Waals surface area contributed by atoms with E-state index in [1.165, 1.54) is 18.9 Å². The number of carbonyl (C=O) groups excluding carboxylic acids is 2. The highest BCUT2D eigenvalue weighted by atomic mass is 32.2. The molecular formula is C24H30O6S2. The number of thioether (sulfide) groups is 2. The Morgan fingerprint density at radius 2 is 2.16 bits per heavy atom. The molecule has 1 aromatic carbocycles. The Balaban J connectivity index is 1.44. The Labute approximate surface area is 196 Å². The van der Waals surface area contributed by atoms with Crippen molar-refractivity contribution in [3.8, 4) is 0 Å². The second-order valence-electron chi connectivity index (χ2n) is 7.83. The summed E-state index contributed by atoms with van der Waals surface area (Å²) in [6.07, 6.45) is 4.22. The molecular weight excluding hydrogens is 448 g/mol. The van der Waals surface area contributed by atoms with Crippen molar-refractivity contribution in [2.45, 2.75) is 43.1 Å². The zero-order chi connectivity index (χ0) is 22.9. The number of aliphatic hydroxyl groups is 2. The maximum absolute atomic E-state index is 12.3. The van der Waals surface area contributed by atoms with Crippen molar-refractivity contribution >= 4 is 46.2 Å². The molecule has 2 N–H and O–H groups in total. The molecule has 174 valence electrons. The topological polar surface area (TPSA) is 97.0 Å². The van der Waals surface area contributed by atoms with Crippen LogP contribution in [-0.2, 0) is 20.7 Å². The number of para-hydroxylation sites is 1. The number of fused-ring (bicyclic) bond motifs is 1. The molecule has 0 amide bonds. The third-order valence-electron chi connectivity index (χ3n) is 5.42. The molecule has 0 aliphatic heterocycles. The zero-order valence-electron chi connectivity index (χ0n) is 18.1. The SMILES string of the molecule is COC(=O)CSCCCSC1C(=O)C[C@@H](O)[C@@H]1C=CC(O)CCc1cc2ccccc2o1. The molecule has 32 heavy (non-hydrogen) atoms. The van der Waals surface area contributed by atoms with Gasteiger partial charge in [-0.1, -0.05) is 30.4 Å². The number of benzene rings is 1. The standard InChI is InChI=1S/C24H30O6S2/c1-29-23(28)15-31-11-4-12-32-24-19(20(26)14-21(24)27)10-8-17(25)7-9-18-13-16-5-2-3-6-22(16)30-18/h2-3,5-6,8,10,13,17,19-20,24-26H,4,7,9,11-12,14-15H2,1H3/t17?,19-,20+,24?/m0/s1. The summed E-state index contributed by atoms with van der Waals surface area (Å²) in [5, 5.41) is 21.5. The predicted octanol–water partition coefficient (Wildman–Crippen LogP) is 3.63. The van der Waals surface area contributed by atoms with Gasteiger partial charge in [-0.05, 0) is 36.5 Å². The first-order valence-electron chi connectivity index (χ1n) is 10.8. The molecule has 8 heteroatoms. The van der Waals surface area contributed by atoms with Gasteiger partial charge in [0.25, 0.3) is 0 Å². The number of hydrogen-bond acceptors (Lipinski definition) is 8. The predicted molar refractivity (Wildman–Crippen MR) is 129 cm³/mol. The Kier molecular flexibility index (Phi) is 9.71. The number of methoxy groups -OCH3 is 1. The number of carbonyl (C=O) groups is 2. The first kappa shape index (κ1) is 24.9. The number of ether oxygens (including phenoxy) is 1. The van der Waals surface area contributed by atoms with Crippen LogP contribution in [-0.4, -0.2) is 63.8 Å². The molecule has 1 aromatic heterocycles. The number of hydrogen-bond donors (Lipinski definition) is 2. The fourth-order valence-corrected chi connectivity index (χ4v) is 6.00. The third-order valence-corrected chi connectivity index (χ3v) is 7.90. The summed E-state index contributed by atoms with van der Waals surface area (Å²) < 4.78 is 10.4. The maximum atomic E-state index is 12.3. The van der Waals surface area contributed by atoms with Gasteiger partial charge in [-0.25, -0.2) is 0 Å². The second-order valence-corrected chi connectivity index (χ2v) is 10.2. The average Bonchev–Trinajstić information content (AvgIpc) is 3.32. The van der Waals surface area contributed by atoms with E-state index in [4.69, 9.17) is 4.42 Å². The molecule has 1 saturated carbocycles. The molecule has 0 bridgehead atoms. The van der Waals surface area contributed by atoms with Crippen LogP contribution in [0.1, 0.15) is 25.0 Å². The van der Waals surface area contributed by atoms with Gasteiger partial charge in [-0.2, -0.15) is 11.8 Å². The van der Waals surface area contributed by atoms with Crippen molar-refractivity contribution in [3.63, 3.8) is 0 Å². The monoisotopic (exact) mass is 478 g/mol. The van der Waals surface area contributed by atoms with Crippen LogP contribution in [0.5, 0.6) is 0 Å². The van der Waals surface area contributed by atoms with Crippen LogP contribution in [0.3, 0.4) is 0 Å². The van der Waals surface area contributed by atoms with Gasteiger partial charge < -0.3 is 19.4 Å². The van der Waals surface area contributed by atoms with Crippen molar-refractivity contribution in [2.75, 3.05) is 24.4 Å². The molecule has 1 heterocycles. The minimum absolute atomic E-state index is 0.0520. The maximum Gasteiger partial charge on any atom is 0.315 e. The average molecular weight is 479 g/mol. The van der Waals surface area contributed by atoms with Crippen molar-refractivity contribution < 1.29 is 29.0 Å². The number of esters is 1. The number of ketones is 1. The van der Waals surface area contributed by atoms with Gasteiger partial charge in [-0.15, -0.1) is 11.8 Å². The summed E-state index contributed by atoms with van der Waals surface area (Å²) in [6, 6.07) is 9.79. The summed E-state index contributed by atoms with van der Waals surface area (Å²) in [6.45, 7) is 0. The summed E-state index contributed by atoms with van der Waals surface area (Å²) >= 11 is 3.06. The molecule has 2 unspecified atom stereocenters. The Morgan fingerprint density at radius 3 is 2.94 bits per heavy atom. The summed E-state index contributed by atoms with van der Waals surface area (Å²) in [4.78, 5) is 23.4. The van der Waals surface area contributed by atoms with Gasteiger partial charge in [0, 0.05) is 24.1 Å². The van der Waals surface area contributed by atoms with Crippen molar-refractivity contribution in [3.05, 3.63) is 48.2 Å². The van der Waals surface area contributed by atoms with Gasteiger partial charge in [0.15, 0.2) is 0 Å². The number of furan rings is 1. The van der Waals surface area contributed by atoms with Crippen LogP contribution < -0.4 is 0 Å². The van der Waals surface area contributed by atoms with Gasteiger partial charge in [0.05, 0.1) is 30.3 Å². The minimum atomic E-state index is -0.715. The molecule has 2 aromatic rings. The molecule has 4 atom stereocenters. The Morgan fingerprint density at radius 1 is 1.34 bits per heavy atom. The fraction of sp³-hybridized carbons (Fsp3) is 0.500. The summed E-state index contributed by atoms with van der Waals surface area (Å²) in [5.41, 5.74) is 0.837. The van der Waals surface area contributed by atoms with E-state index in [9.17, 15) is 19.8 Å². The van der Waals surface area contributed by atoms with E-state index >= 15 is 0 Å². The van der Waals surface area contributed by atoms with E-state index < -0.39 is 12.2 Å². The number of aryl methyl sites for hydroxylation is 1.